The average Bonchev–Trinajstić information content (AvgIpc) is 3.30. The maximum absolute atomic E-state index is 13.8. The van der Waals surface area contributed by atoms with E-state index in [-0.39, 0.29) is 31.3 Å². The molecular weight excluding hydrogens is 917 g/mol. The highest BCUT2D eigenvalue weighted by molar-refractivity contribution is 8.76. The van der Waals surface area contributed by atoms with Crippen LogP contribution < -0.4 is 31.9 Å². The van der Waals surface area contributed by atoms with Crippen LogP contribution in [-0.4, -0.2) is 137 Å². The standard InChI is InChI=1S/C51H78N8O8S2/c1-8-28-58(7)34-43(61)53-40(45(63)56-50(3,4)48(66)52-39(36-60)32-37-22-14-10-15-23-37)26-18-12-20-30-68-69-31-21-13-19-27-41-46(64)57-51(5,6)49(67)55-42(33-38-24-16-11-17-25-38)47(65)59(29-9-2)35-44(62)54-41/h10-11,14-17,22-25,36,39-42H,8-9,12-13,18-21,26-35H2,1-7H3,(H,52,66)(H,53,61)(H,54,62)(H,55,67)(H,56,63)(H,57,64). The summed E-state index contributed by atoms with van der Waals surface area (Å²) in [5, 5.41) is 17.0. The van der Waals surface area contributed by atoms with Crippen LogP contribution in [0.4, 0.5) is 0 Å². The third-order valence-corrected chi connectivity index (χ3v) is 14.2. The van der Waals surface area contributed by atoms with Gasteiger partial charge in [-0.05, 0) is 97.4 Å². The van der Waals surface area contributed by atoms with Crippen LogP contribution in [0.15, 0.2) is 60.7 Å². The highest BCUT2D eigenvalue weighted by Gasteiger charge is 2.38. The topological polar surface area (TPSA) is 215 Å². The number of nitrogens with one attached hydrogen (secondary N) is 6. The molecule has 382 valence electrons. The Labute approximate surface area is 417 Å². The van der Waals surface area contributed by atoms with Crippen LogP contribution >= 0.6 is 21.6 Å². The van der Waals surface area contributed by atoms with E-state index >= 15 is 0 Å². The highest BCUT2D eigenvalue weighted by atomic mass is 33.1. The zero-order chi connectivity index (χ0) is 50.8. The molecule has 1 fully saturated rings. The fraction of sp³-hybridized carbons (Fsp3) is 0.608. The lowest BCUT2D eigenvalue weighted by molar-refractivity contribution is -0.142. The molecule has 0 spiro atoms. The van der Waals surface area contributed by atoms with E-state index in [1.54, 1.807) is 49.3 Å². The Morgan fingerprint density at radius 2 is 1.46 bits per heavy atom. The molecule has 0 aromatic heterocycles. The number of likely N-dealkylation sites (N-methyl/N-ethyl adjacent to an activating group) is 1. The maximum Gasteiger partial charge on any atom is 0.245 e. The predicted molar refractivity (Wildman–Crippen MR) is 275 cm³/mol. The van der Waals surface area contributed by atoms with Crippen LogP contribution in [0.2, 0.25) is 0 Å². The van der Waals surface area contributed by atoms with Crippen LogP contribution in [0.1, 0.15) is 117 Å². The SMILES string of the molecule is CCCN(C)CC(=O)NC(CCCCCSSCCCCCC1NC(=O)CN(CCC)C(=O)C(Cc2ccccc2)NC(=O)C(C)(C)NC1=O)C(=O)NC(C)(C)C(=O)NC(C=O)Cc1ccccc1. The molecule has 0 radical (unpaired) electrons. The summed E-state index contributed by atoms with van der Waals surface area (Å²) in [4.78, 5) is 109. The molecule has 1 aliphatic rings. The molecule has 0 aliphatic carbocycles. The molecule has 6 N–H and O–H groups in total. The number of unbranched alkanes of at least 4 members (excludes halogenated alkanes) is 4. The van der Waals surface area contributed by atoms with E-state index in [4.69, 9.17) is 0 Å². The first-order chi connectivity index (χ1) is 32.9. The molecule has 2 aromatic rings. The lowest BCUT2D eigenvalue weighted by atomic mass is 9.98. The monoisotopic (exact) mass is 995 g/mol. The van der Waals surface area contributed by atoms with Gasteiger partial charge in [0.15, 0.2) is 0 Å². The van der Waals surface area contributed by atoms with Gasteiger partial charge < -0.3 is 41.6 Å². The number of aldehydes is 1. The first kappa shape index (κ1) is 58.4. The van der Waals surface area contributed by atoms with Gasteiger partial charge in [0, 0.05) is 24.5 Å². The van der Waals surface area contributed by atoms with Gasteiger partial charge in [0.1, 0.15) is 35.5 Å². The number of nitrogens with zero attached hydrogens (tertiary/aromatic N) is 2. The number of carbonyl (C=O) groups excluding carboxylic acids is 8. The van der Waals surface area contributed by atoms with Gasteiger partial charge in [0.25, 0.3) is 0 Å². The van der Waals surface area contributed by atoms with Crippen molar-refractivity contribution in [2.45, 2.75) is 154 Å². The summed E-state index contributed by atoms with van der Waals surface area (Å²) < 4.78 is 0. The van der Waals surface area contributed by atoms with Crippen LogP contribution in [0, 0.1) is 0 Å². The van der Waals surface area contributed by atoms with Gasteiger partial charge in [0.2, 0.25) is 41.4 Å². The minimum atomic E-state index is -1.36. The summed E-state index contributed by atoms with van der Waals surface area (Å²) in [5.41, 5.74) is -0.955. The summed E-state index contributed by atoms with van der Waals surface area (Å²) in [6.07, 6.45) is 8.31. The van der Waals surface area contributed by atoms with Crippen molar-refractivity contribution in [3.05, 3.63) is 71.8 Å². The van der Waals surface area contributed by atoms with Gasteiger partial charge in [-0.3, -0.25) is 38.5 Å². The van der Waals surface area contributed by atoms with E-state index in [1.165, 1.54) is 4.90 Å². The van der Waals surface area contributed by atoms with Crippen LogP contribution in [-0.2, 0) is 51.2 Å². The Kier molecular flexibility index (Phi) is 25.9. The molecule has 0 saturated carbocycles. The van der Waals surface area contributed by atoms with E-state index in [2.05, 4.69) is 31.9 Å². The minimum Gasteiger partial charge on any atom is -0.344 e. The largest absolute Gasteiger partial charge is 0.344 e. The Hall–Kier alpha value is -4.94. The normalized spacial score (nSPS) is 17.6. The molecule has 4 atom stereocenters. The lowest BCUT2D eigenvalue weighted by Gasteiger charge is -2.33. The molecule has 4 unspecified atom stereocenters. The second-order valence-electron chi connectivity index (χ2n) is 18.9. The average molecular weight is 995 g/mol. The molecule has 0 bridgehead atoms. The Morgan fingerprint density at radius 1 is 0.841 bits per heavy atom. The fourth-order valence-electron chi connectivity index (χ4n) is 7.79. The predicted octanol–water partition coefficient (Wildman–Crippen LogP) is 4.50. The summed E-state index contributed by atoms with van der Waals surface area (Å²) in [6, 6.07) is 15.3. The summed E-state index contributed by atoms with van der Waals surface area (Å²) >= 11 is 0. The summed E-state index contributed by atoms with van der Waals surface area (Å²) in [6.45, 7) is 11.2. The number of rotatable bonds is 29. The number of hydrogen-bond acceptors (Lipinski definition) is 11. The van der Waals surface area contributed by atoms with Crippen molar-refractivity contribution >= 4 is 69.2 Å². The number of hydrogen-bond donors (Lipinski definition) is 6. The third-order valence-electron chi connectivity index (χ3n) is 11.7. The lowest BCUT2D eigenvalue weighted by Crippen LogP contribution is -2.63. The van der Waals surface area contributed by atoms with E-state index in [0.717, 1.165) is 61.3 Å². The van der Waals surface area contributed by atoms with E-state index in [0.29, 0.717) is 51.4 Å². The molecule has 69 heavy (non-hydrogen) atoms. The van der Waals surface area contributed by atoms with Crippen molar-refractivity contribution in [3.63, 3.8) is 0 Å². The molecule has 1 saturated heterocycles. The quantitative estimate of drug-likeness (QED) is 0.0380. The smallest absolute Gasteiger partial charge is 0.245 e. The Balaban J connectivity index is 1.45. The van der Waals surface area contributed by atoms with E-state index in [9.17, 15) is 38.4 Å². The second kappa shape index (κ2) is 30.6. The van der Waals surface area contributed by atoms with Crippen molar-refractivity contribution in [1.82, 2.24) is 41.7 Å². The molecule has 1 aliphatic heterocycles. The Morgan fingerprint density at radius 3 is 2.07 bits per heavy atom. The van der Waals surface area contributed by atoms with E-state index in [1.807, 2.05) is 86.5 Å². The van der Waals surface area contributed by atoms with Crippen molar-refractivity contribution < 1.29 is 38.4 Å². The second-order valence-corrected chi connectivity index (χ2v) is 21.6. The number of amides is 7. The molecule has 2 aromatic carbocycles. The summed E-state index contributed by atoms with van der Waals surface area (Å²) in [5.74, 6) is -1.19. The van der Waals surface area contributed by atoms with Crippen molar-refractivity contribution in [2.75, 3.05) is 44.7 Å². The van der Waals surface area contributed by atoms with E-state index < -0.39 is 64.8 Å². The van der Waals surface area contributed by atoms with Gasteiger partial charge in [-0.2, -0.15) is 0 Å². The van der Waals surface area contributed by atoms with Gasteiger partial charge >= 0.3 is 0 Å². The number of carbonyl (C=O) groups is 8. The van der Waals surface area contributed by atoms with Crippen LogP contribution in [0.5, 0.6) is 0 Å². The molecular formula is C51H78N8O8S2. The first-order valence-corrected chi connectivity index (χ1v) is 27.0. The van der Waals surface area contributed by atoms with Gasteiger partial charge in [-0.1, -0.05) is 122 Å². The van der Waals surface area contributed by atoms with Gasteiger partial charge in [-0.25, -0.2) is 0 Å². The highest BCUT2D eigenvalue weighted by Crippen LogP contribution is 2.25. The molecule has 1 heterocycles. The van der Waals surface area contributed by atoms with Crippen molar-refractivity contribution in [2.24, 2.45) is 0 Å². The van der Waals surface area contributed by atoms with Gasteiger partial charge in [0.05, 0.1) is 19.1 Å². The maximum atomic E-state index is 13.8. The first-order valence-electron chi connectivity index (χ1n) is 24.5. The van der Waals surface area contributed by atoms with Gasteiger partial charge in [-0.15, -0.1) is 0 Å². The third kappa shape index (κ3) is 21.7. The molecule has 16 nitrogen and oxygen atoms in total. The summed E-state index contributed by atoms with van der Waals surface area (Å²) in [7, 11) is 5.38. The number of benzene rings is 2. The zero-order valence-corrected chi connectivity index (χ0v) is 43.5. The molecule has 18 heteroatoms. The molecule has 3 rings (SSSR count). The van der Waals surface area contributed by atoms with Crippen molar-refractivity contribution in [1.29, 1.82) is 0 Å². The minimum absolute atomic E-state index is 0.137. The zero-order valence-electron chi connectivity index (χ0n) is 41.9. The van der Waals surface area contributed by atoms with Crippen molar-refractivity contribution in [3.8, 4) is 0 Å². The Bertz CT molecular complexity index is 1960. The van der Waals surface area contributed by atoms with Crippen LogP contribution in [0.25, 0.3) is 0 Å². The molecule has 7 amide bonds. The van der Waals surface area contributed by atoms with Crippen LogP contribution in [0.3, 0.4) is 0 Å². The fourth-order valence-corrected chi connectivity index (χ4v) is 10.1.